The van der Waals surface area contributed by atoms with Crippen molar-refractivity contribution in [1.82, 2.24) is 5.32 Å². The number of carbonyl (C=O) groups is 2. The maximum Gasteiger partial charge on any atom is 0.259 e. The summed E-state index contributed by atoms with van der Waals surface area (Å²) in [7, 11) is 0. The summed E-state index contributed by atoms with van der Waals surface area (Å²) < 4.78 is 0. The van der Waals surface area contributed by atoms with E-state index in [-0.39, 0.29) is 11.8 Å². The van der Waals surface area contributed by atoms with Gasteiger partial charge in [-0.2, -0.15) is 0 Å². The topological polar surface area (TPSA) is 49.4 Å². The number of anilines is 1. The standard InChI is InChI=1S/C27H25ClN2O2/c1-27(2,3)29-25(31)24-23(18-13-15-20(28)16-14-18)17-19-9-7-8-12-22(19)26(32)30(24)21-10-5-4-6-11-21/h4-17,24H,1-3H3,(H,29,31). The van der Waals surface area contributed by atoms with E-state index < -0.39 is 11.6 Å². The van der Waals surface area contributed by atoms with Crippen LogP contribution in [0.5, 0.6) is 0 Å². The van der Waals surface area contributed by atoms with Crippen LogP contribution in [-0.2, 0) is 4.79 Å². The monoisotopic (exact) mass is 444 g/mol. The minimum absolute atomic E-state index is 0.221. The number of fused-ring (bicyclic) bond motifs is 1. The Morgan fingerprint density at radius 1 is 0.906 bits per heavy atom. The first-order valence-electron chi connectivity index (χ1n) is 10.5. The van der Waals surface area contributed by atoms with Gasteiger partial charge >= 0.3 is 0 Å². The zero-order valence-corrected chi connectivity index (χ0v) is 19.1. The molecular weight excluding hydrogens is 420 g/mol. The molecule has 0 aromatic heterocycles. The molecule has 1 N–H and O–H groups in total. The molecule has 0 fully saturated rings. The quantitative estimate of drug-likeness (QED) is 0.553. The Morgan fingerprint density at radius 2 is 1.53 bits per heavy atom. The van der Waals surface area contributed by atoms with Gasteiger partial charge in [-0.3, -0.25) is 14.5 Å². The molecule has 162 valence electrons. The number of hydrogen-bond donors (Lipinski definition) is 1. The second kappa shape index (κ2) is 8.64. The van der Waals surface area contributed by atoms with Crippen LogP contribution in [0.15, 0.2) is 78.9 Å². The predicted octanol–water partition coefficient (Wildman–Crippen LogP) is 5.82. The highest BCUT2D eigenvalue weighted by atomic mass is 35.5. The summed E-state index contributed by atoms with van der Waals surface area (Å²) in [6.45, 7) is 5.78. The van der Waals surface area contributed by atoms with Gasteiger partial charge in [0.05, 0.1) is 0 Å². The van der Waals surface area contributed by atoms with Crippen LogP contribution in [0, 0.1) is 0 Å². The first-order chi connectivity index (χ1) is 15.2. The van der Waals surface area contributed by atoms with Crippen molar-refractivity contribution in [3.05, 3.63) is 101 Å². The summed E-state index contributed by atoms with van der Waals surface area (Å²) in [4.78, 5) is 29.2. The molecule has 1 aliphatic heterocycles. The fourth-order valence-electron chi connectivity index (χ4n) is 3.89. The van der Waals surface area contributed by atoms with Gasteiger partial charge in [0.15, 0.2) is 0 Å². The van der Waals surface area contributed by atoms with Crippen LogP contribution in [-0.4, -0.2) is 23.4 Å². The Morgan fingerprint density at radius 3 is 2.19 bits per heavy atom. The van der Waals surface area contributed by atoms with Crippen LogP contribution in [0.2, 0.25) is 5.02 Å². The molecule has 0 saturated heterocycles. The molecule has 4 nitrogen and oxygen atoms in total. The number of nitrogens with one attached hydrogen (secondary N) is 1. The lowest BCUT2D eigenvalue weighted by atomic mass is 9.94. The molecule has 3 aromatic rings. The number of amides is 2. The highest BCUT2D eigenvalue weighted by molar-refractivity contribution is 6.30. The van der Waals surface area contributed by atoms with Gasteiger partial charge in [-0.25, -0.2) is 0 Å². The molecular formula is C27H25ClN2O2. The van der Waals surface area contributed by atoms with Gasteiger partial charge in [-0.15, -0.1) is 0 Å². The second-order valence-electron chi connectivity index (χ2n) is 8.85. The summed E-state index contributed by atoms with van der Waals surface area (Å²) in [6, 6.07) is 23.2. The number of rotatable bonds is 3. The lowest BCUT2D eigenvalue weighted by Crippen LogP contribution is -2.54. The Kier molecular flexibility index (Phi) is 5.90. The van der Waals surface area contributed by atoms with E-state index >= 15 is 0 Å². The maximum absolute atomic E-state index is 13.8. The van der Waals surface area contributed by atoms with E-state index in [9.17, 15) is 9.59 Å². The molecule has 4 rings (SSSR count). The normalized spacial score (nSPS) is 16.1. The predicted molar refractivity (Wildman–Crippen MR) is 131 cm³/mol. The third kappa shape index (κ3) is 4.46. The minimum atomic E-state index is -0.863. The van der Waals surface area contributed by atoms with Gasteiger partial charge in [-0.05, 0) is 73.9 Å². The lowest BCUT2D eigenvalue weighted by molar-refractivity contribution is -0.122. The summed E-state index contributed by atoms with van der Waals surface area (Å²) in [5, 5.41) is 3.68. The SMILES string of the molecule is CC(C)(C)NC(=O)C1C(c2ccc(Cl)cc2)=Cc2ccccc2C(=O)N1c1ccccc1. The molecule has 3 aromatic carbocycles. The first kappa shape index (κ1) is 21.8. The van der Waals surface area contributed by atoms with Crippen LogP contribution in [0.3, 0.4) is 0 Å². The van der Waals surface area contributed by atoms with Crippen molar-refractivity contribution in [3.63, 3.8) is 0 Å². The van der Waals surface area contributed by atoms with Crippen molar-refractivity contribution >= 4 is 40.8 Å². The summed E-state index contributed by atoms with van der Waals surface area (Å²) in [5.74, 6) is -0.468. The zero-order valence-electron chi connectivity index (χ0n) is 18.3. The molecule has 1 aliphatic rings. The Bertz CT molecular complexity index is 1180. The number of benzene rings is 3. The number of nitrogens with zero attached hydrogens (tertiary/aromatic N) is 1. The van der Waals surface area contributed by atoms with Crippen molar-refractivity contribution < 1.29 is 9.59 Å². The van der Waals surface area contributed by atoms with Gasteiger partial charge in [-0.1, -0.05) is 60.1 Å². The highest BCUT2D eigenvalue weighted by Crippen LogP contribution is 2.35. The van der Waals surface area contributed by atoms with Crippen LogP contribution in [0.4, 0.5) is 5.69 Å². The fourth-order valence-corrected chi connectivity index (χ4v) is 4.01. The summed E-state index contributed by atoms with van der Waals surface area (Å²) in [5.41, 5.74) is 3.07. The molecule has 1 unspecified atom stereocenters. The molecule has 0 aliphatic carbocycles. The van der Waals surface area contributed by atoms with Gasteiger partial charge in [0, 0.05) is 21.8 Å². The van der Waals surface area contributed by atoms with E-state index in [0.29, 0.717) is 16.3 Å². The summed E-state index contributed by atoms with van der Waals surface area (Å²) >= 11 is 6.13. The minimum Gasteiger partial charge on any atom is -0.349 e. The highest BCUT2D eigenvalue weighted by Gasteiger charge is 2.39. The van der Waals surface area contributed by atoms with E-state index in [1.54, 1.807) is 23.1 Å². The van der Waals surface area contributed by atoms with E-state index in [1.165, 1.54) is 0 Å². The maximum atomic E-state index is 13.8. The number of hydrogen-bond acceptors (Lipinski definition) is 2. The Balaban J connectivity index is 1.98. The average molecular weight is 445 g/mol. The third-order valence-corrected chi connectivity index (χ3v) is 5.48. The van der Waals surface area contributed by atoms with Crippen LogP contribution < -0.4 is 10.2 Å². The van der Waals surface area contributed by atoms with Gasteiger partial charge in [0.1, 0.15) is 6.04 Å². The molecule has 5 heteroatoms. The zero-order chi connectivity index (χ0) is 22.9. The summed E-state index contributed by atoms with van der Waals surface area (Å²) in [6.07, 6.45) is 1.94. The largest absolute Gasteiger partial charge is 0.349 e. The van der Waals surface area contributed by atoms with Gasteiger partial charge in [0.2, 0.25) is 5.91 Å². The molecule has 1 heterocycles. The van der Waals surface area contributed by atoms with E-state index in [2.05, 4.69) is 5.32 Å². The molecule has 0 spiro atoms. The van der Waals surface area contributed by atoms with E-state index in [0.717, 1.165) is 16.7 Å². The smallest absolute Gasteiger partial charge is 0.259 e. The van der Waals surface area contributed by atoms with Crippen LogP contribution >= 0.6 is 11.6 Å². The molecule has 2 amide bonds. The average Bonchev–Trinajstić information content (AvgIpc) is 2.88. The molecule has 1 atom stereocenters. The van der Waals surface area contributed by atoms with Crippen molar-refractivity contribution in [2.45, 2.75) is 32.4 Å². The number of halogens is 1. The second-order valence-corrected chi connectivity index (χ2v) is 9.28. The lowest BCUT2D eigenvalue weighted by Gasteiger charge is -2.34. The van der Waals surface area contributed by atoms with Crippen molar-refractivity contribution in [1.29, 1.82) is 0 Å². The van der Waals surface area contributed by atoms with E-state index in [4.69, 9.17) is 11.6 Å². The van der Waals surface area contributed by atoms with Crippen molar-refractivity contribution in [3.8, 4) is 0 Å². The van der Waals surface area contributed by atoms with Gasteiger partial charge in [0.25, 0.3) is 5.91 Å². The Hall–Kier alpha value is -3.37. The van der Waals surface area contributed by atoms with Crippen molar-refractivity contribution in [2.75, 3.05) is 4.90 Å². The molecule has 0 bridgehead atoms. The molecule has 0 radical (unpaired) electrons. The molecule has 0 saturated carbocycles. The number of para-hydroxylation sites is 1. The van der Waals surface area contributed by atoms with E-state index in [1.807, 2.05) is 87.5 Å². The fraction of sp³-hybridized carbons (Fsp3) is 0.185. The van der Waals surface area contributed by atoms with Crippen LogP contribution in [0.25, 0.3) is 11.6 Å². The third-order valence-electron chi connectivity index (χ3n) is 5.23. The molecule has 32 heavy (non-hydrogen) atoms. The number of carbonyl (C=O) groups excluding carboxylic acids is 2. The van der Waals surface area contributed by atoms with Crippen LogP contribution in [0.1, 0.15) is 42.3 Å². The Labute approximate surface area is 193 Å². The van der Waals surface area contributed by atoms with Crippen molar-refractivity contribution in [2.24, 2.45) is 0 Å². The van der Waals surface area contributed by atoms with Gasteiger partial charge < -0.3 is 5.32 Å². The first-order valence-corrected chi connectivity index (χ1v) is 10.9.